The van der Waals surface area contributed by atoms with Crippen LogP contribution in [0.4, 0.5) is 10.5 Å². The summed E-state index contributed by atoms with van der Waals surface area (Å²) in [4.78, 5) is 23.1. The Morgan fingerprint density at radius 3 is 2.56 bits per heavy atom. The van der Waals surface area contributed by atoms with Crippen LogP contribution >= 0.6 is 11.8 Å². The van der Waals surface area contributed by atoms with Crippen LogP contribution in [-0.4, -0.2) is 31.8 Å². The second-order valence-corrected chi connectivity index (χ2v) is 8.68. The number of pyridine rings is 2. The van der Waals surface area contributed by atoms with Gasteiger partial charge in [0.15, 0.2) is 0 Å². The molecular formula is C26H21N5O2S. The van der Waals surface area contributed by atoms with Gasteiger partial charge >= 0.3 is 6.03 Å². The third-order valence-electron chi connectivity index (χ3n) is 5.38. The number of hydrogen-bond acceptors (Lipinski definition) is 6. The van der Waals surface area contributed by atoms with Gasteiger partial charge in [-0.1, -0.05) is 54.2 Å². The highest BCUT2D eigenvalue weighted by Gasteiger charge is 2.35. The number of rotatable bonds is 5. The van der Waals surface area contributed by atoms with Crippen molar-refractivity contribution in [3.05, 3.63) is 109 Å². The number of aromatic nitrogens is 2. The smallest absolute Gasteiger partial charge is 0.342 e. The highest BCUT2D eigenvalue weighted by molar-refractivity contribution is 7.99. The second kappa shape index (κ2) is 9.76. The van der Waals surface area contributed by atoms with Crippen molar-refractivity contribution in [2.45, 2.75) is 22.4 Å². The third-order valence-corrected chi connectivity index (χ3v) is 6.41. The van der Waals surface area contributed by atoms with Gasteiger partial charge in [-0.05, 0) is 36.4 Å². The Morgan fingerprint density at radius 1 is 0.971 bits per heavy atom. The van der Waals surface area contributed by atoms with E-state index in [4.69, 9.17) is 0 Å². The molecule has 0 saturated carbocycles. The van der Waals surface area contributed by atoms with Crippen LogP contribution in [0.1, 0.15) is 23.6 Å². The van der Waals surface area contributed by atoms with Gasteiger partial charge in [0.25, 0.3) is 0 Å². The van der Waals surface area contributed by atoms with Crippen molar-refractivity contribution < 1.29 is 9.90 Å². The molecule has 1 aliphatic rings. The van der Waals surface area contributed by atoms with Gasteiger partial charge in [0, 0.05) is 41.0 Å². The molecular weight excluding hydrogens is 446 g/mol. The topological polar surface area (TPSA) is 90.7 Å². The molecule has 0 saturated heterocycles. The van der Waals surface area contributed by atoms with Gasteiger partial charge in [0.2, 0.25) is 0 Å². The zero-order valence-electron chi connectivity index (χ0n) is 18.1. The van der Waals surface area contributed by atoms with E-state index in [1.807, 2.05) is 60.7 Å². The standard InChI is InChI=1S/C26H21N5O2S/c32-24-13-5-4-11-20(24)23-16-22(18-8-6-14-27-17-18)30-31(23)26(33)29-21-12-7-15-28-25(21)34-19-9-2-1-3-10-19/h1-15,17,23,32H,16H2,(H,29,33). The van der Waals surface area contributed by atoms with Gasteiger partial charge in [0.05, 0.1) is 17.4 Å². The molecule has 0 aliphatic carbocycles. The summed E-state index contributed by atoms with van der Waals surface area (Å²) in [5, 5.41) is 20.1. The average molecular weight is 468 g/mol. The molecule has 3 heterocycles. The fraction of sp³-hybridized carbons (Fsp3) is 0.0769. The SMILES string of the molecule is O=C(Nc1cccnc1Sc1ccccc1)N1N=C(c2cccnc2)CC1c1ccccc1O. The van der Waals surface area contributed by atoms with Crippen LogP contribution in [0.2, 0.25) is 0 Å². The van der Waals surface area contributed by atoms with Crippen molar-refractivity contribution in [2.24, 2.45) is 5.10 Å². The van der Waals surface area contributed by atoms with Crippen molar-refractivity contribution in [3.63, 3.8) is 0 Å². The number of nitrogens with zero attached hydrogens (tertiary/aromatic N) is 4. The third kappa shape index (κ3) is 4.62. The maximum Gasteiger partial charge on any atom is 0.342 e. The monoisotopic (exact) mass is 467 g/mol. The predicted octanol–water partition coefficient (Wildman–Crippen LogP) is 5.72. The number of phenols is 1. The van der Waals surface area contributed by atoms with Gasteiger partial charge in [-0.25, -0.2) is 14.8 Å². The molecule has 1 unspecified atom stereocenters. The number of urea groups is 1. The van der Waals surface area contributed by atoms with E-state index >= 15 is 0 Å². The summed E-state index contributed by atoms with van der Waals surface area (Å²) in [5.74, 6) is 0.120. The summed E-state index contributed by atoms with van der Waals surface area (Å²) in [6, 6.07) is 23.3. The lowest BCUT2D eigenvalue weighted by atomic mass is 9.98. The number of amides is 2. The normalized spacial score (nSPS) is 15.1. The molecule has 2 aromatic carbocycles. The predicted molar refractivity (Wildman–Crippen MR) is 132 cm³/mol. The lowest BCUT2D eigenvalue weighted by Gasteiger charge is -2.23. The summed E-state index contributed by atoms with van der Waals surface area (Å²) in [5.41, 5.74) is 2.77. The van der Waals surface area contributed by atoms with E-state index in [0.717, 1.165) is 16.2 Å². The number of hydrogen-bond donors (Lipinski definition) is 2. The molecule has 1 atom stereocenters. The summed E-state index contributed by atoms with van der Waals surface area (Å²) < 4.78 is 0. The van der Waals surface area contributed by atoms with Gasteiger partial charge in [-0.15, -0.1) is 0 Å². The van der Waals surface area contributed by atoms with E-state index in [-0.39, 0.29) is 5.75 Å². The first-order chi connectivity index (χ1) is 16.7. The Morgan fingerprint density at radius 2 is 1.76 bits per heavy atom. The molecule has 34 heavy (non-hydrogen) atoms. The van der Waals surface area contributed by atoms with Crippen LogP contribution < -0.4 is 5.32 Å². The minimum atomic E-state index is -0.460. The van der Waals surface area contributed by atoms with Crippen LogP contribution in [0.5, 0.6) is 5.75 Å². The van der Waals surface area contributed by atoms with Gasteiger partial charge in [0.1, 0.15) is 10.8 Å². The lowest BCUT2D eigenvalue weighted by molar-refractivity contribution is 0.199. The highest BCUT2D eigenvalue weighted by atomic mass is 32.2. The molecule has 2 aromatic heterocycles. The number of hydrazone groups is 1. The Balaban J connectivity index is 1.45. The summed E-state index contributed by atoms with van der Waals surface area (Å²) in [6.07, 6.45) is 5.56. The molecule has 0 fully saturated rings. The molecule has 0 spiro atoms. The van der Waals surface area contributed by atoms with Crippen molar-refractivity contribution in [2.75, 3.05) is 5.32 Å². The number of anilines is 1. The highest BCUT2D eigenvalue weighted by Crippen LogP contribution is 2.38. The minimum Gasteiger partial charge on any atom is -0.508 e. The maximum absolute atomic E-state index is 13.5. The molecule has 168 valence electrons. The first-order valence-electron chi connectivity index (χ1n) is 10.7. The molecule has 5 rings (SSSR count). The largest absolute Gasteiger partial charge is 0.508 e. The fourth-order valence-electron chi connectivity index (χ4n) is 3.76. The zero-order chi connectivity index (χ0) is 23.3. The summed E-state index contributed by atoms with van der Waals surface area (Å²) in [6.45, 7) is 0. The van der Waals surface area contributed by atoms with Crippen LogP contribution in [0.3, 0.4) is 0 Å². The van der Waals surface area contributed by atoms with E-state index in [0.29, 0.717) is 22.7 Å². The van der Waals surface area contributed by atoms with E-state index in [1.54, 1.807) is 36.8 Å². The fourth-order valence-corrected chi connectivity index (χ4v) is 4.62. The first kappa shape index (κ1) is 21.7. The van der Waals surface area contributed by atoms with E-state index in [9.17, 15) is 9.90 Å². The Hall–Kier alpha value is -4.17. The van der Waals surface area contributed by atoms with Crippen LogP contribution in [0, 0.1) is 0 Å². The van der Waals surface area contributed by atoms with Gasteiger partial charge in [-0.3, -0.25) is 4.98 Å². The molecule has 2 N–H and O–H groups in total. The minimum absolute atomic E-state index is 0.120. The van der Waals surface area contributed by atoms with Crippen LogP contribution in [-0.2, 0) is 0 Å². The second-order valence-electron chi connectivity index (χ2n) is 7.61. The number of carbonyl (C=O) groups excluding carboxylic acids is 1. The maximum atomic E-state index is 13.5. The van der Waals surface area contributed by atoms with Crippen LogP contribution in [0.25, 0.3) is 0 Å². The van der Waals surface area contributed by atoms with E-state index < -0.39 is 12.1 Å². The first-order valence-corrected chi connectivity index (χ1v) is 11.5. The molecule has 4 aromatic rings. The number of aromatic hydroxyl groups is 1. The van der Waals surface area contributed by atoms with E-state index in [2.05, 4.69) is 20.4 Å². The summed E-state index contributed by atoms with van der Waals surface area (Å²) in [7, 11) is 0. The molecule has 2 amide bonds. The quantitative estimate of drug-likeness (QED) is 0.392. The van der Waals surface area contributed by atoms with Crippen molar-refractivity contribution >= 4 is 29.2 Å². The molecule has 7 nitrogen and oxygen atoms in total. The average Bonchev–Trinajstić information content (AvgIpc) is 3.32. The Bertz CT molecular complexity index is 1330. The Kier molecular flexibility index (Phi) is 6.22. The van der Waals surface area contributed by atoms with Gasteiger partial charge < -0.3 is 10.4 Å². The Labute approximate surface area is 201 Å². The van der Waals surface area contributed by atoms with Crippen molar-refractivity contribution in [1.29, 1.82) is 0 Å². The zero-order valence-corrected chi connectivity index (χ0v) is 18.9. The number of nitrogens with one attached hydrogen (secondary N) is 1. The molecule has 8 heteroatoms. The van der Waals surface area contributed by atoms with Gasteiger partial charge in [-0.2, -0.15) is 5.10 Å². The number of benzene rings is 2. The summed E-state index contributed by atoms with van der Waals surface area (Å²) >= 11 is 1.47. The lowest BCUT2D eigenvalue weighted by Crippen LogP contribution is -2.31. The molecule has 0 radical (unpaired) electrons. The number of phenolic OH excluding ortho intramolecular Hbond substituents is 1. The van der Waals surface area contributed by atoms with Crippen molar-refractivity contribution in [3.8, 4) is 5.75 Å². The molecule has 1 aliphatic heterocycles. The van der Waals surface area contributed by atoms with Crippen molar-refractivity contribution in [1.82, 2.24) is 15.0 Å². The van der Waals surface area contributed by atoms with Crippen LogP contribution in [0.15, 0.2) is 112 Å². The number of para-hydroxylation sites is 1. The molecule has 0 bridgehead atoms. The number of carbonyl (C=O) groups is 1. The van der Waals surface area contributed by atoms with E-state index in [1.165, 1.54) is 16.8 Å².